The number of nitrogens with zero attached hydrogens (tertiary/aromatic N) is 2. The molecule has 1 amide bonds. The Balaban J connectivity index is 1.47. The molecule has 25 heavy (non-hydrogen) atoms. The summed E-state index contributed by atoms with van der Waals surface area (Å²) in [6.07, 6.45) is 3.40. The maximum atomic E-state index is 12.0. The lowest BCUT2D eigenvalue weighted by molar-refractivity contribution is -0.118. The van der Waals surface area contributed by atoms with Crippen LogP contribution in [-0.4, -0.2) is 22.3 Å². The lowest BCUT2D eigenvalue weighted by atomic mass is 10.1. The van der Waals surface area contributed by atoms with Gasteiger partial charge in [-0.1, -0.05) is 18.2 Å². The normalized spacial score (nSPS) is 11.1. The first kappa shape index (κ1) is 15.3. The summed E-state index contributed by atoms with van der Waals surface area (Å²) in [5, 5.41) is 8.87. The number of rotatable bonds is 5. The Kier molecular flexibility index (Phi) is 3.85. The topological polar surface area (TPSA) is 69.3 Å². The molecule has 4 aromatic rings. The van der Waals surface area contributed by atoms with E-state index in [1.54, 1.807) is 23.1 Å². The molecule has 2 aromatic carbocycles. The number of carbonyl (C=O) groups excluding carboxylic acids is 1. The maximum absolute atomic E-state index is 12.0. The second-order valence-electron chi connectivity index (χ2n) is 5.68. The van der Waals surface area contributed by atoms with Crippen molar-refractivity contribution in [2.45, 2.75) is 13.5 Å². The fourth-order valence-corrected chi connectivity index (χ4v) is 2.74. The van der Waals surface area contributed by atoms with E-state index < -0.39 is 0 Å². The molecule has 0 aliphatic carbocycles. The highest BCUT2D eigenvalue weighted by atomic mass is 16.5. The van der Waals surface area contributed by atoms with Crippen LogP contribution in [0.5, 0.6) is 5.75 Å². The fourth-order valence-electron chi connectivity index (χ4n) is 2.74. The number of hydrogen-bond acceptors (Lipinski definition) is 4. The summed E-state index contributed by atoms with van der Waals surface area (Å²) in [6, 6.07) is 13.4. The van der Waals surface area contributed by atoms with Crippen molar-refractivity contribution in [1.29, 1.82) is 0 Å². The summed E-state index contributed by atoms with van der Waals surface area (Å²) in [5.74, 6) is 0.395. The van der Waals surface area contributed by atoms with Crippen LogP contribution in [0.25, 0.3) is 21.9 Å². The quantitative estimate of drug-likeness (QED) is 0.602. The number of ether oxygens (including phenoxy) is 1. The molecule has 2 aromatic heterocycles. The van der Waals surface area contributed by atoms with E-state index in [-0.39, 0.29) is 12.5 Å². The average Bonchev–Trinajstić information content (AvgIpc) is 3.23. The average molecular weight is 335 g/mol. The molecular formula is C19H17N3O3. The van der Waals surface area contributed by atoms with Gasteiger partial charge in [0.05, 0.1) is 11.9 Å². The summed E-state index contributed by atoms with van der Waals surface area (Å²) in [5.41, 5.74) is 2.29. The van der Waals surface area contributed by atoms with E-state index in [0.29, 0.717) is 11.4 Å². The van der Waals surface area contributed by atoms with Crippen LogP contribution in [-0.2, 0) is 11.3 Å². The Morgan fingerprint density at radius 2 is 2.04 bits per heavy atom. The van der Waals surface area contributed by atoms with Crippen LogP contribution < -0.4 is 10.1 Å². The minimum absolute atomic E-state index is 0.0708. The van der Waals surface area contributed by atoms with Gasteiger partial charge in [-0.05, 0) is 31.2 Å². The molecule has 6 nitrogen and oxygen atoms in total. The second-order valence-corrected chi connectivity index (χ2v) is 5.68. The van der Waals surface area contributed by atoms with Crippen molar-refractivity contribution in [1.82, 2.24) is 9.78 Å². The molecular weight excluding hydrogens is 318 g/mol. The molecule has 0 saturated heterocycles. The van der Waals surface area contributed by atoms with Crippen LogP contribution in [0.1, 0.15) is 6.92 Å². The number of fused-ring (bicyclic) bond motifs is 3. The minimum Gasteiger partial charge on any atom is -0.484 e. The first-order valence-corrected chi connectivity index (χ1v) is 8.09. The van der Waals surface area contributed by atoms with E-state index in [1.807, 2.05) is 43.3 Å². The van der Waals surface area contributed by atoms with Gasteiger partial charge in [0.1, 0.15) is 16.9 Å². The van der Waals surface area contributed by atoms with Crippen LogP contribution in [0, 0.1) is 0 Å². The first-order chi connectivity index (χ1) is 12.2. The standard InChI is InChI=1S/C19H17N3O3/c1-2-22-11-13(10-20-22)21-19(23)12-24-14-7-8-18-16(9-14)15-5-3-4-6-17(15)25-18/h3-11H,2,12H2,1H3,(H,21,23). The van der Waals surface area contributed by atoms with Crippen LogP contribution in [0.2, 0.25) is 0 Å². The summed E-state index contributed by atoms with van der Waals surface area (Å²) in [7, 11) is 0. The smallest absolute Gasteiger partial charge is 0.262 e. The van der Waals surface area contributed by atoms with Gasteiger partial charge in [-0.25, -0.2) is 0 Å². The molecule has 0 fully saturated rings. The number of hydrogen-bond donors (Lipinski definition) is 1. The predicted octanol–water partition coefficient (Wildman–Crippen LogP) is 3.82. The van der Waals surface area contributed by atoms with Gasteiger partial charge >= 0.3 is 0 Å². The molecule has 0 radical (unpaired) electrons. The van der Waals surface area contributed by atoms with Crippen molar-refractivity contribution in [3.63, 3.8) is 0 Å². The molecule has 0 aliphatic rings. The molecule has 2 heterocycles. The summed E-state index contributed by atoms with van der Waals surface area (Å²) < 4.78 is 13.1. The Bertz CT molecular complexity index is 1050. The lowest BCUT2D eigenvalue weighted by Crippen LogP contribution is -2.19. The zero-order valence-electron chi connectivity index (χ0n) is 13.7. The number of nitrogens with one attached hydrogen (secondary N) is 1. The number of furan rings is 1. The number of aromatic nitrogens is 2. The zero-order valence-corrected chi connectivity index (χ0v) is 13.7. The van der Waals surface area contributed by atoms with Gasteiger partial charge in [-0.15, -0.1) is 0 Å². The van der Waals surface area contributed by atoms with Gasteiger partial charge in [0.25, 0.3) is 5.91 Å². The van der Waals surface area contributed by atoms with Crippen LogP contribution >= 0.6 is 0 Å². The highest BCUT2D eigenvalue weighted by Crippen LogP contribution is 2.31. The fraction of sp³-hybridized carbons (Fsp3) is 0.158. The molecule has 126 valence electrons. The Morgan fingerprint density at radius 1 is 1.20 bits per heavy atom. The van der Waals surface area contributed by atoms with E-state index in [2.05, 4.69) is 10.4 Å². The van der Waals surface area contributed by atoms with Crippen molar-refractivity contribution in [3.8, 4) is 5.75 Å². The zero-order chi connectivity index (χ0) is 17.2. The molecule has 0 atom stereocenters. The Morgan fingerprint density at radius 3 is 2.88 bits per heavy atom. The molecule has 6 heteroatoms. The SMILES string of the molecule is CCn1cc(NC(=O)COc2ccc3oc4ccccc4c3c2)cn1. The number of amides is 1. The van der Waals surface area contributed by atoms with Crippen LogP contribution in [0.4, 0.5) is 5.69 Å². The van der Waals surface area contributed by atoms with Gasteiger partial charge in [0.2, 0.25) is 0 Å². The van der Waals surface area contributed by atoms with E-state index >= 15 is 0 Å². The number of aryl methyl sites for hydroxylation is 1. The molecule has 0 unspecified atom stereocenters. The number of carbonyl (C=O) groups is 1. The van der Waals surface area contributed by atoms with Gasteiger partial charge in [0, 0.05) is 23.5 Å². The second kappa shape index (κ2) is 6.32. The van der Waals surface area contributed by atoms with Crippen molar-refractivity contribution in [3.05, 3.63) is 54.9 Å². The number of anilines is 1. The van der Waals surface area contributed by atoms with Gasteiger partial charge < -0.3 is 14.5 Å². The highest BCUT2D eigenvalue weighted by molar-refractivity contribution is 6.05. The Labute approximate surface area is 144 Å². The third-order valence-electron chi connectivity index (χ3n) is 3.96. The number of benzene rings is 2. The monoisotopic (exact) mass is 335 g/mol. The van der Waals surface area contributed by atoms with Gasteiger partial charge in [0.15, 0.2) is 6.61 Å². The summed E-state index contributed by atoms with van der Waals surface area (Å²) in [6.45, 7) is 2.67. The van der Waals surface area contributed by atoms with Crippen molar-refractivity contribution < 1.29 is 13.9 Å². The van der Waals surface area contributed by atoms with Crippen LogP contribution in [0.15, 0.2) is 59.3 Å². The van der Waals surface area contributed by atoms with Crippen LogP contribution in [0.3, 0.4) is 0 Å². The van der Waals surface area contributed by atoms with Crippen molar-refractivity contribution in [2.75, 3.05) is 11.9 Å². The predicted molar refractivity (Wildman–Crippen MR) is 95.7 cm³/mol. The van der Waals surface area contributed by atoms with E-state index in [0.717, 1.165) is 28.5 Å². The molecule has 1 N–H and O–H groups in total. The van der Waals surface area contributed by atoms with Crippen molar-refractivity contribution in [2.24, 2.45) is 0 Å². The third kappa shape index (κ3) is 3.06. The summed E-state index contributed by atoms with van der Waals surface area (Å²) in [4.78, 5) is 12.0. The minimum atomic E-state index is -0.229. The maximum Gasteiger partial charge on any atom is 0.262 e. The van der Waals surface area contributed by atoms with Gasteiger partial charge in [-0.2, -0.15) is 5.10 Å². The molecule has 0 spiro atoms. The molecule has 0 aliphatic heterocycles. The lowest BCUT2D eigenvalue weighted by Gasteiger charge is -2.06. The summed E-state index contributed by atoms with van der Waals surface area (Å²) >= 11 is 0. The third-order valence-corrected chi connectivity index (χ3v) is 3.96. The van der Waals surface area contributed by atoms with E-state index in [9.17, 15) is 4.79 Å². The van der Waals surface area contributed by atoms with Crippen molar-refractivity contribution >= 4 is 33.5 Å². The first-order valence-electron chi connectivity index (χ1n) is 8.09. The van der Waals surface area contributed by atoms with Gasteiger partial charge in [-0.3, -0.25) is 9.48 Å². The number of para-hydroxylation sites is 1. The molecule has 0 saturated carbocycles. The molecule has 4 rings (SSSR count). The highest BCUT2D eigenvalue weighted by Gasteiger charge is 2.09. The largest absolute Gasteiger partial charge is 0.484 e. The Hall–Kier alpha value is -3.28. The van der Waals surface area contributed by atoms with E-state index in [4.69, 9.17) is 9.15 Å². The molecule has 0 bridgehead atoms. The van der Waals surface area contributed by atoms with E-state index in [1.165, 1.54) is 0 Å².